The number of sulfonamides is 1. The first-order valence-corrected chi connectivity index (χ1v) is 14.8. The SMILES string of the molecule is C[C@@H](C(=O)N1CCN(c2ccc(S(=O)(=O)Nc3nc(Cl)ncc3F)cc2)CC1)N1CCCc2cc(Cl)ccc21. The number of benzene rings is 2. The first-order chi connectivity index (χ1) is 18.6. The second-order valence-corrected chi connectivity index (χ2v) is 12.0. The van der Waals surface area contributed by atoms with Crippen molar-refractivity contribution in [3.8, 4) is 0 Å². The van der Waals surface area contributed by atoms with Crippen molar-refractivity contribution in [2.45, 2.75) is 30.7 Å². The highest BCUT2D eigenvalue weighted by molar-refractivity contribution is 7.92. The summed E-state index contributed by atoms with van der Waals surface area (Å²) >= 11 is 11.8. The summed E-state index contributed by atoms with van der Waals surface area (Å²) in [4.78, 5) is 26.6. The first-order valence-electron chi connectivity index (χ1n) is 12.5. The minimum atomic E-state index is -4.09. The third-order valence-electron chi connectivity index (χ3n) is 7.07. The van der Waals surface area contributed by atoms with Crippen LogP contribution in [0.4, 0.5) is 21.6 Å². The average Bonchev–Trinajstić information content (AvgIpc) is 2.94. The molecule has 3 heterocycles. The Labute approximate surface area is 236 Å². The number of hydrogen-bond acceptors (Lipinski definition) is 7. The summed E-state index contributed by atoms with van der Waals surface area (Å²) in [7, 11) is -4.09. The van der Waals surface area contributed by atoms with Crippen LogP contribution in [0.2, 0.25) is 10.3 Å². The van der Waals surface area contributed by atoms with Crippen LogP contribution in [0.3, 0.4) is 0 Å². The van der Waals surface area contributed by atoms with Gasteiger partial charge in [0.1, 0.15) is 6.04 Å². The maximum atomic E-state index is 13.9. The van der Waals surface area contributed by atoms with Crippen molar-refractivity contribution < 1.29 is 17.6 Å². The molecule has 3 aromatic rings. The quantitative estimate of drug-likeness (QED) is 0.428. The maximum absolute atomic E-state index is 13.9. The molecule has 1 fully saturated rings. The van der Waals surface area contributed by atoms with Gasteiger partial charge in [-0.25, -0.2) is 17.8 Å². The second-order valence-electron chi connectivity index (χ2n) is 9.49. The standard InChI is InChI=1S/C26H27Cl2FN6O3S/c1-17(35-10-2-3-18-15-19(27)4-9-23(18)35)25(36)34-13-11-33(12-14-34)20-5-7-21(8-6-20)39(37,38)32-24-22(29)16-30-26(28)31-24/h4-9,15-17H,2-3,10-14H2,1H3,(H,30,31,32)/t17-/m0/s1. The topological polar surface area (TPSA) is 98.7 Å². The van der Waals surface area contributed by atoms with Crippen LogP contribution < -0.4 is 14.5 Å². The van der Waals surface area contributed by atoms with E-state index in [1.165, 1.54) is 17.7 Å². The van der Waals surface area contributed by atoms with Crippen LogP contribution >= 0.6 is 23.2 Å². The van der Waals surface area contributed by atoms with E-state index < -0.39 is 21.7 Å². The van der Waals surface area contributed by atoms with Crippen molar-refractivity contribution in [2.75, 3.05) is 47.2 Å². The molecule has 5 rings (SSSR count). The lowest BCUT2D eigenvalue weighted by molar-refractivity contribution is -0.132. The number of amides is 1. The van der Waals surface area contributed by atoms with E-state index in [-0.39, 0.29) is 22.1 Å². The molecule has 1 saturated heterocycles. The third kappa shape index (κ3) is 5.90. The number of piperazine rings is 1. The summed E-state index contributed by atoms with van der Waals surface area (Å²) in [6.07, 6.45) is 2.72. The highest BCUT2D eigenvalue weighted by Gasteiger charge is 2.31. The number of fused-ring (bicyclic) bond motifs is 1. The highest BCUT2D eigenvalue weighted by atomic mass is 35.5. The van der Waals surface area contributed by atoms with Crippen LogP contribution in [0.5, 0.6) is 0 Å². The number of aryl methyl sites for hydroxylation is 1. The van der Waals surface area contributed by atoms with Crippen molar-refractivity contribution in [3.63, 3.8) is 0 Å². The van der Waals surface area contributed by atoms with Gasteiger partial charge in [-0.15, -0.1) is 0 Å². The van der Waals surface area contributed by atoms with E-state index in [2.05, 4.69) is 24.5 Å². The molecule has 1 aromatic heterocycles. The zero-order valence-corrected chi connectivity index (χ0v) is 23.5. The van der Waals surface area contributed by atoms with Crippen LogP contribution in [-0.2, 0) is 21.2 Å². The van der Waals surface area contributed by atoms with Gasteiger partial charge in [-0.05, 0) is 79.4 Å². The molecule has 39 heavy (non-hydrogen) atoms. The van der Waals surface area contributed by atoms with Crippen molar-refractivity contribution >= 4 is 56.3 Å². The van der Waals surface area contributed by atoms with Gasteiger partial charge in [0.05, 0.1) is 11.1 Å². The number of rotatable bonds is 6. The Morgan fingerprint density at radius 3 is 2.49 bits per heavy atom. The monoisotopic (exact) mass is 592 g/mol. The minimum Gasteiger partial charge on any atom is -0.368 e. The maximum Gasteiger partial charge on any atom is 0.263 e. The number of carbonyl (C=O) groups excluding carboxylic acids is 1. The van der Waals surface area contributed by atoms with E-state index in [4.69, 9.17) is 23.2 Å². The number of carbonyl (C=O) groups is 1. The summed E-state index contributed by atoms with van der Waals surface area (Å²) in [6.45, 7) is 5.11. The fourth-order valence-corrected chi connectivity index (χ4v) is 6.36. The van der Waals surface area contributed by atoms with E-state index in [0.29, 0.717) is 31.2 Å². The van der Waals surface area contributed by atoms with Gasteiger partial charge < -0.3 is 14.7 Å². The molecule has 0 radical (unpaired) electrons. The van der Waals surface area contributed by atoms with E-state index in [9.17, 15) is 17.6 Å². The smallest absolute Gasteiger partial charge is 0.263 e. The Hall–Kier alpha value is -3.15. The molecule has 2 aliphatic heterocycles. The molecule has 0 saturated carbocycles. The molecule has 2 aliphatic rings. The van der Waals surface area contributed by atoms with E-state index >= 15 is 0 Å². The van der Waals surface area contributed by atoms with Crippen molar-refractivity contribution in [1.82, 2.24) is 14.9 Å². The Bertz CT molecular complexity index is 1480. The molecule has 2 aromatic carbocycles. The van der Waals surface area contributed by atoms with Crippen LogP contribution in [0.1, 0.15) is 18.9 Å². The van der Waals surface area contributed by atoms with Gasteiger partial charge >= 0.3 is 0 Å². The summed E-state index contributed by atoms with van der Waals surface area (Å²) < 4.78 is 41.4. The Morgan fingerprint density at radius 1 is 1.05 bits per heavy atom. The molecule has 1 amide bonds. The van der Waals surface area contributed by atoms with E-state index in [1.54, 1.807) is 12.1 Å². The number of anilines is 3. The number of aromatic nitrogens is 2. The largest absolute Gasteiger partial charge is 0.368 e. The van der Waals surface area contributed by atoms with E-state index in [0.717, 1.165) is 37.0 Å². The lowest BCUT2D eigenvalue weighted by atomic mass is 10.00. The van der Waals surface area contributed by atoms with Crippen molar-refractivity contribution in [3.05, 3.63) is 70.3 Å². The summed E-state index contributed by atoms with van der Waals surface area (Å²) in [5, 5.41) is 0.430. The number of nitrogens with zero attached hydrogens (tertiary/aromatic N) is 5. The van der Waals surface area contributed by atoms with Gasteiger partial charge in [-0.2, -0.15) is 4.98 Å². The molecule has 1 atom stereocenters. The molecular weight excluding hydrogens is 566 g/mol. The predicted molar refractivity (Wildman–Crippen MR) is 150 cm³/mol. The summed E-state index contributed by atoms with van der Waals surface area (Å²) in [6, 6.07) is 11.8. The summed E-state index contributed by atoms with van der Waals surface area (Å²) in [5.74, 6) is -1.37. The first kappa shape index (κ1) is 27.4. The van der Waals surface area contributed by atoms with Crippen LogP contribution in [0.25, 0.3) is 0 Å². The van der Waals surface area contributed by atoms with Crippen molar-refractivity contribution in [2.24, 2.45) is 0 Å². The predicted octanol–water partition coefficient (Wildman–Crippen LogP) is 4.21. The zero-order valence-electron chi connectivity index (χ0n) is 21.1. The number of nitrogens with one attached hydrogen (secondary N) is 1. The molecule has 0 unspecified atom stereocenters. The van der Waals surface area contributed by atoms with Crippen LogP contribution in [0.15, 0.2) is 53.6 Å². The van der Waals surface area contributed by atoms with Crippen LogP contribution in [0, 0.1) is 5.82 Å². The fraction of sp³-hybridized carbons (Fsp3) is 0.346. The van der Waals surface area contributed by atoms with Gasteiger partial charge in [0.25, 0.3) is 10.0 Å². The van der Waals surface area contributed by atoms with Gasteiger partial charge in [0.15, 0.2) is 11.6 Å². The zero-order chi connectivity index (χ0) is 27.7. The Kier molecular flexibility index (Phi) is 7.84. The van der Waals surface area contributed by atoms with Gasteiger partial charge in [0.2, 0.25) is 11.2 Å². The average molecular weight is 594 g/mol. The normalized spacial score (nSPS) is 16.6. The lowest BCUT2D eigenvalue weighted by Gasteiger charge is -2.41. The molecule has 13 heteroatoms. The molecular formula is C26H27Cl2FN6O3S. The van der Waals surface area contributed by atoms with Crippen molar-refractivity contribution in [1.29, 1.82) is 0 Å². The summed E-state index contributed by atoms with van der Waals surface area (Å²) in [5.41, 5.74) is 3.07. The minimum absolute atomic E-state index is 0.0499. The van der Waals surface area contributed by atoms with E-state index in [1.807, 2.05) is 30.0 Å². The van der Waals surface area contributed by atoms with Gasteiger partial charge in [-0.3, -0.25) is 9.52 Å². The Balaban J connectivity index is 1.20. The molecule has 0 bridgehead atoms. The van der Waals surface area contributed by atoms with Gasteiger partial charge in [-0.1, -0.05) is 11.6 Å². The molecule has 0 aliphatic carbocycles. The molecule has 0 spiro atoms. The molecule has 206 valence electrons. The molecule has 9 nitrogen and oxygen atoms in total. The third-order valence-corrected chi connectivity index (χ3v) is 8.84. The highest BCUT2D eigenvalue weighted by Crippen LogP contribution is 2.31. The lowest BCUT2D eigenvalue weighted by Crippen LogP contribution is -2.55. The fourth-order valence-electron chi connectivity index (χ4n) is 5.02. The second kappa shape index (κ2) is 11.1. The number of halogens is 3. The number of hydrogen-bond donors (Lipinski definition) is 1. The Morgan fingerprint density at radius 2 is 1.77 bits per heavy atom. The van der Waals surface area contributed by atoms with Crippen LogP contribution in [-0.4, -0.2) is 68.0 Å². The van der Waals surface area contributed by atoms with Gasteiger partial charge in [0, 0.05) is 49.1 Å². The molecule has 1 N–H and O–H groups in total.